The van der Waals surface area contributed by atoms with Gasteiger partial charge in [0.1, 0.15) is 5.69 Å². The van der Waals surface area contributed by atoms with Gasteiger partial charge in [0.15, 0.2) is 6.61 Å². The van der Waals surface area contributed by atoms with E-state index in [1.165, 1.54) is 18.6 Å². The number of anilines is 1. The zero-order chi connectivity index (χ0) is 21.5. The lowest BCUT2D eigenvalue weighted by Crippen LogP contribution is -2.42. The van der Waals surface area contributed by atoms with Gasteiger partial charge in [0.05, 0.1) is 10.5 Å². The molecule has 2 fully saturated rings. The Balaban J connectivity index is 1.61. The summed E-state index contributed by atoms with van der Waals surface area (Å²) in [5.41, 5.74) is 0.508. The van der Waals surface area contributed by atoms with E-state index in [9.17, 15) is 19.7 Å². The third-order valence-corrected chi connectivity index (χ3v) is 6.15. The summed E-state index contributed by atoms with van der Waals surface area (Å²) in [6.45, 7) is 3.26. The zero-order valence-corrected chi connectivity index (χ0v) is 17.6. The molecule has 0 bridgehead atoms. The number of ether oxygens (including phenoxy) is 1. The molecule has 0 aromatic heterocycles. The Labute approximate surface area is 177 Å². The third kappa shape index (κ3) is 5.70. The second-order valence-electron chi connectivity index (χ2n) is 8.37. The maximum Gasteiger partial charge on any atom is 0.338 e. The lowest BCUT2D eigenvalue weighted by molar-refractivity contribution is -0.384. The lowest BCUT2D eigenvalue weighted by atomic mass is 9.86. The van der Waals surface area contributed by atoms with Crippen LogP contribution in [0, 0.1) is 16.0 Å². The topological polar surface area (TPSA) is 102 Å². The molecule has 1 aromatic rings. The predicted octanol–water partition coefficient (Wildman–Crippen LogP) is 3.83. The Morgan fingerprint density at radius 2 is 1.83 bits per heavy atom. The van der Waals surface area contributed by atoms with Crippen LogP contribution in [0.1, 0.15) is 68.6 Å². The number of hydrogen-bond acceptors (Lipinski definition) is 6. The Bertz CT molecular complexity index is 774. The van der Waals surface area contributed by atoms with Crippen molar-refractivity contribution < 1.29 is 19.2 Å². The number of rotatable bonds is 6. The van der Waals surface area contributed by atoms with Crippen molar-refractivity contribution in [3.63, 3.8) is 0 Å². The normalized spacial score (nSPS) is 22.1. The standard InChI is InChI=1S/C22H31N3O5/c1-16-8-4-5-9-18(16)23-21(26)15-30-22(27)17-10-11-19(20(14-17)25(28)29)24-12-6-2-3-7-13-24/h10-11,14,16,18H,2-9,12-13,15H2,1H3,(H,23,26)/t16-,18-/m1/s1. The maximum atomic E-state index is 12.4. The van der Waals surface area contributed by atoms with Crippen LogP contribution >= 0.6 is 0 Å². The van der Waals surface area contributed by atoms with E-state index < -0.39 is 10.9 Å². The van der Waals surface area contributed by atoms with Gasteiger partial charge in [-0.3, -0.25) is 14.9 Å². The second-order valence-corrected chi connectivity index (χ2v) is 8.37. The van der Waals surface area contributed by atoms with Gasteiger partial charge >= 0.3 is 5.97 Å². The summed E-state index contributed by atoms with van der Waals surface area (Å²) >= 11 is 0. The summed E-state index contributed by atoms with van der Waals surface area (Å²) in [5, 5.41) is 14.5. The molecule has 1 amide bonds. The molecule has 30 heavy (non-hydrogen) atoms. The average molecular weight is 418 g/mol. The maximum absolute atomic E-state index is 12.4. The third-order valence-electron chi connectivity index (χ3n) is 6.15. The number of nitro groups is 1. The van der Waals surface area contributed by atoms with E-state index in [0.29, 0.717) is 11.6 Å². The van der Waals surface area contributed by atoms with Crippen LogP contribution in [0.2, 0.25) is 0 Å². The van der Waals surface area contributed by atoms with Gasteiger partial charge in [-0.25, -0.2) is 4.79 Å². The highest BCUT2D eigenvalue weighted by atomic mass is 16.6. The minimum Gasteiger partial charge on any atom is -0.452 e. The summed E-state index contributed by atoms with van der Waals surface area (Å²) in [6, 6.07) is 4.52. The van der Waals surface area contributed by atoms with Crippen molar-refractivity contribution >= 4 is 23.3 Å². The fourth-order valence-electron chi connectivity index (χ4n) is 4.37. The molecular formula is C22H31N3O5. The van der Waals surface area contributed by atoms with Crippen molar-refractivity contribution in [1.82, 2.24) is 5.32 Å². The lowest BCUT2D eigenvalue weighted by Gasteiger charge is -2.29. The Morgan fingerprint density at radius 3 is 2.50 bits per heavy atom. The molecule has 1 heterocycles. The highest BCUT2D eigenvalue weighted by Crippen LogP contribution is 2.31. The van der Waals surface area contributed by atoms with Crippen molar-refractivity contribution in [2.24, 2.45) is 5.92 Å². The van der Waals surface area contributed by atoms with Gasteiger partial charge in [-0.15, -0.1) is 0 Å². The molecule has 8 heteroatoms. The van der Waals surface area contributed by atoms with Crippen molar-refractivity contribution in [1.29, 1.82) is 0 Å². The zero-order valence-electron chi connectivity index (χ0n) is 17.6. The van der Waals surface area contributed by atoms with E-state index in [2.05, 4.69) is 12.2 Å². The van der Waals surface area contributed by atoms with Gasteiger partial charge in [0.25, 0.3) is 11.6 Å². The average Bonchev–Trinajstić information content (AvgIpc) is 3.02. The van der Waals surface area contributed by atoms with Crippen molar-refractivity contribution in [3.8, 4) is 0 Å². The van der Waals surface area contributed by atoms with Gasteiger partial charge in [-0.2, -0.15) is 0 Å². The molecule has 8 nitrogen and oxygen atoms in total. The van der Waals surface area contributed by atoms with Crippen molar-refractivity contribution in [2.75, 3.05) is 24.6 Å². The van der Waals surface area contributed by atoms with Gasteiger partial charge in [0.2, 0.25) is 0 Å². The first-order chi connectivity index (χ1) is 14.5. The van der Waals surface area contributed by atoms with E-state index in [1.54, 1.807) is 6.07 Å². The first kappa shape index (κ1) is 22.1. The number of nitro benzene ring substituents is 1. The van der Waals surface area contributed by atoms with Crippen LogP contribution in [0.5, 0.6) is 0 Å². The first-order valence-electron chi connectivity index (χ1n) is 11.0. The minimum absolute atomic E-state index is 0.0825. The van der Waals surface area contributed by atoms with Crippen LogP contribution in [-0.2, 0) is 9.53 Å². The van der Waals surface area contributed by atoms with E-state index in [0.717, 1.165) is 58.0 Å². The molecule has 1 aliphatic carbocycles. The fraction of sp³-hybridized carbons (Fsp3) is 0.636. The number of benzene rings is 1. The van der Waals surface area contributed by atoms with Crippen LogP contribution in [0.15, 0.2) is 18.2 Å². The summed E-state index contributed by atoms with van der Waals surface area (Å²) < 4.78 is 5.12. The molecule has 1 N–H and O–H groups in total. The molecule has 3 rings (SSSR count). The van der Waals surface area contributed by atoms with Crippen LogP contribution in [0.3, 0.4) is 0 Å². The number of nitrogens with zero attached hydrogens (tertiary/aromatic N) is 2. The number of amides is 1. The Morgan fingerprint density at radius 1 is 1.13 bits per heavy atom. The minimum atomic E-state index is -0.729. The highest BCUT2D eigenvalue weighted by molar-refractivity contribution is 5.93. The van der Waals surface area contributed by atoms with Gasteiger partial charge in [0, 0.05) is 25.2 Å². The number of hydrogen-bond donors (Lipinski definition) is 1. The molecule has 0 unspecified atom stereocenters. The summed E-state index contributed by atoms with van der Waals surface area (Å²) in [4.78, 5) is 37.7. The molecular weight excluding hydrogens is 386 g/mol. The Kier molecular flexibility index (Phi) is 7.65. The van der Waals surface area contributed by atoms with E-state index in [4.69, 9.17) is 4.74 Å². The van der Waals surface area contributed by atoms with Crippen LogP contribution in [0.4, 0.5) is 11.4 Å². The van der Waals surface area contributed by atoms with E-state index in [-0.39, 0.29) is 29.8 Å². The largest absolute Gasteiger partial charge is 0.452 e. The van der Waals surface area contributed by atoms with Gasteiger partial charge < -0.3 is 15.0 Å². The van der Waals surface area contributed by atoms with Gasteiger partial charge in [-0.05, 0) is 43.7 Å². The monoisotopic (exact) mass is 417 g/mol. The molecule has 2 aliphatic rings. The Hall–Kier alpha value is -2.64. The molecule has 0 radical (unpaired) electrons. The van der Waals surface area contributed by atoms with Crippen molar-refractivity contribution in [2.45, 2.75) is 64.3 Å². The van der Waals surface area contributed by atoms with Gasteiger partial charge in [-0.1, -0.05) is 32.6 Å². The molecule has 1 saturated carbocycles. The number of carbonyl (C=O) groups is 2. The number of nitrogens with one attached hydrogen (secondary N) is 1. The first-order valence-corrected chi connectivity index (χ1v) is 11.0. The molecule has 2 atom stereocenters. The smallest absolute Gasteiger partial charge is 0.338 e. The molecule has 0 spiro atoms. The SMILES string of the molecule is C[C@@H]1CCCC[C@H]1NC(=O)COC(=O)c1ccc(N2CCCCCC2)c([N+](=O)[O-])c1. The quantitative estimate of drug-likeness (QED) is 0.429. The summed E-state index contributed by atoms with van der Waals surface area (Å²) in [6.07, 6.45) is 8.51. The number of esters is 1. The van der Waals surface area contributed by atoms with Crippen LogP contribution < -0.4 is 10.2 Å². The van der Waals surface area contributed by atoms with Crippen LogP contribution in [-0.4, -0.2) is 42.5 Å². The number of carbonyl (C=O) groups excluding carboxylic acids is 2. The van der Waals surface area contributed by atoms with Crippen LogP contribution in [0.25, 0.3) is 0 Å². The molecule has 164 valence electrons. The van der Waals surface area contributed by atoms with Crippen molar-refractivity contribution in [3.05, 3.63) is 33.9 Å². The highest BCUT2D eigenvalue weighted by Gasteiger charge is 2.25. The molecule has 1 aliphatic heterocycles. The molecule has 1 saturated heterocycles. The summed E-state index contributed by atoms with van der Waals surface area (Å²) in [5.74, 6) is -0.655. The van der Waals surface area contributed by atoms with E-state index in [1.807, 2.05) is 4.90 Å². The summed E-state index contributed by atoms with van der Waals surface area (Å²) in [7, 11) is 0. The molecule has 1 aromatic carbocycles. The fourth-order valence-corrected chi connectivity index (χ4v) is 4.37. The van der Waals surface area contributed by atoms with E-state index >= 15 is 0 Å². The second kappa shape index (κ2) is 10.4. The predicted molar refractivity (Wildman–Crippen MR) is 114 cm³/mol.